The SMILES string of the molecule is CC(=O)Nc1ccc(C)c(NC(C)c2cncs2)c1. The Hall–Kier alpha value is -1.88. The minimum absolute atomic E-state index is 0.0645. The van der Waals surface area contributed by atoms with Crippen molar-refractivity contribution in [2.75, 3.05) is 10.6 Å². The van der Waals surface area contributed by atoms with Crippen LogP contribution in [0.3, 0.4) is 0 Å². The van der Waals surface area contributed by atoms with E-state index in [9.17, 15) is 4.79 Å². The molecule has 100 valence electrons. The van der Waals surface area contributed by atoms with Crippen LogP contribution >= 0.6 is 11.3 Å². The van der Waals surface area contributed by atoms with Crippen molar-refractivity contribution in [3.63, 3.8) is 0 Å². The van der Waals surface area contributed by atoms with E-state index in [0.29, 0.717) is 0 Å². The molecular formula is C14H17N3OS. The van der Waals surface area contributed by atoms with Crippen molar-refractivity contribution < 1.29 is 4.79 Å². The highest BCUT2D eigenvalue weighted by Gasteiger charge is 2.09. The first-order valence-electron chi connectivity index (χ1n) is 6.09. The summed E-state index contributed by atoms with van der Waals surface area (Å²) in [5, 5.41) is 6.24. The van der Waals surface area contributed by atoms with Crippen LogP contribution in [0.1, 0.15) is 30.3 Å². The predicted molar refractivity (Wildman–Crippen MR) is 79.6 cm³/mol. The van der Waals surface area contributed by atoms with Gasteiger partial charge in [0.25, 0.3) is 0 Å². The Morgan fingerprint density at radius 1 is 1.42 bits per heavy atom. The third kappa shape index (κ3) is 3.54. The maximum absolute atomic E-state index is 11.1. The highest BCUT2D eigenvalue weighted by atomic mass is 32.1. The Balaban J connectivity index is 2.17. The number of carbonyl (C=O) groups is 1. The van der Waals surface area contributed by atoms with Crippen LogP contribution < -0.4 is 10.6 Å². The number of hydrogen-bond acceptors (Lipinski definition) is 4. The number of benzene rings is 1. The second-order valence-electron chi connectivity index (χ2n) is 4.48. The Bertz CT molecular complexity index is 566. The molecule has 0 radical (unpaired) electrons. The molecule has 0 fully saturated rings. The number of aromatic nitrogens is 1. The van der Waals surface area contributed by atoms with Gasteiger partial charge in [-0.1, -0.05) is 6.07 Å². The Kier molecular flexibility index (Phi) is 4.16. The van der Waals surface area contributed by atoms with Crippen molar-refractivity contribution in [2.24, 2.45) is 0 Å². The summed E-state index contributed by atoms with van der Waals surface area (Å²) in [6.07, 6.45) is 1.87. The minimum Gasteiger partial charge on any atom is -0.377 e. The molecule has 0 spiro atoms. The van der Waals surface area contributed by atoms with E-state index in [-0.39, 0.29) is 11.9 Å². The van der Waals surface area contributed by atoms with Gasteiger partial charge in [-0.25, -0.2) is 0 Å². The maximum Gasteiger partial charge on any atom is 0.221 e. The summed E-state index contributed by atoms with van der Waals surface area (Å²) < 4.78 is 0. The van der Waals surface area contributed by atoms with Crippen molar-refractivity contribution in [3.05, 3.63) is 40.3 Å². The van der Waals surface area contributed by atoms with Gasteiger partial charge in [-0.05, 0) is 31.5 Å². The van der Waals surface area contributed by atoms with Crippen LogP contribution in [0.2, 0.25) is 0 Å². The number of carbonyl (C=O) groups excluding carboxylic acids is 1. The van der Waals surface area contributed by atoms with Gasteiger partial charge in [0.05, 0.1) is 11.6 Å². The molecule has 1 unspecified atom stereocenters. The van der Waals surface area contributed by atoms with E-state index in [4.69, 9.17) is 0 Å². The molecule has 1 atom stereocenters. The van der Waals surface area contributed by atoms with Crippen LogP contribution in [0.25, 0.3) is 0 Å². The Morgan fingerprint density at radius 2 is 2.21 bits per heavy atom. The van der Waals surface area contributed by atoms with Crippen molar-refractivity contribution in [1.82, 2.24) is 4.98 Å². The molecule has 5 heteroatoms. The molecule has 1 aromatic carbocycles. The number of hydrogen-bond donors (Lipinski definition) is 2. The molecular weight excluding hydrogens is 258 g/mol. The number of nitrogens with zero attached hydrogens (tertiary/aromatic N) is 1. The average molecular weight is 275 g/mol. The predicted octanol–water partition coefficient (Wildman–Crippen LogP) is 3.58. The molecule has 1 heterocycles. The van der Waals surface area contributed by atoms with Gasteiger partial charge < -0.3 is 10.6 Å². The summed E-state index contributed by atoms with van der Waals surface area (Å²) in [6.45, 7) is 5.64. The fourth-order valence-electron chi connectivity index (χ4n) is 1.80. The molecule has 0 aliphatic heterocycles. The van der Waals surface area contributed by atoms with Crippen molar-refractivity contribution in [2.45, 2.75) is 26.8 Å². The van der Waals surface area contributed by atoms with Gasteiger partial charge in [-0.2, -0.15) is 0 Å². The molecule has 0 aliphatic carbocycles. The molecule has 2 aromatic rings. The monoisotopic (exact) mass is 275 g/mol. The molecule has 2 N–H and O–H groups in total. The topological polar surface area (TPSA) is 54.0 Å². The quantitative estimate of drug-likeness (QED) is 0.896. The molecule has 1 amide bonds. The van der Waals surface area contributed by atoms with Gasteiger partial charge in [0.2, 0.25) is 5.91 Å². The molecule has 0 aliphatic rings. The first kappa shape index (κ1) is 13.5. The largest absolute Gasteiger partial charge is 0.377 e. The zero-order valence-corrected chi connectivity index (χ0v) is 12.0. The van der Waals surface area contributed by atoms with Gasteiger partial charge in [0.1, 0.15) is 0 Å². The van der Waals surface area contributed by atoms with Gasteiger partial charge in [0, 0.05) is 29.4 Å². The summed E-state index contributed by atoms with van der Waals surface area (Å²) in [5.74, 6) is -0.0645. The molecule has 0 saturated heterocycles. The maximum atomic E-state index is 11.1. The second-order valence-corrected chi connectivity index (χ2v) is 5.40. The first-order chi connectivity index (χ1) is 9.06. The van der Waals surface area contributed by atoms with Crippen LogP contribution in [0, 0.1) is 6.92 Å². The number of rotatable bonds is 4. The lowest BCUT2D eigenvalue weighted by Crippen LogP contribution is -2.09. The number of thiazole rings is 1. The summed E-state index contributed by atoms with van der Waals surface area (Å²) in [7, 11) is 0. The van der Waals surface area contributed by atoms with Crippen molar-refractivity contribution in [3.8, 4) is 0 Å². The van der Waals surface area contributed by atoms with Gasteiger partial charge >= 0.3 is 0 Å². The third-order valence-electron chi connectivity index (χ3n) is 2.81. The fourth-order valence-corrected chi connectivity index (χ4v) is 2.43. The summed E-state index contributed by atoms with van der Waals surface area (Å²) in [5.41, 5.74) is 4.79. The molecule has 1 aromatic heterocycles. The lowest BCUT2D eigenvalue weighted by atomic mass is 10.1. The van der Waals surface area contributed by atoms with E-state index in [1.54, 1.807) is 11.3 Å². The lowest BCUT2D eigenvalue weighted by molar-refractivity contribution is -0.114. The standard InChI is InChI=1S/C14H17N3OS/c1-9-4-5-12(17-11(3)18)6-13(9)16-10(2)14-7-15-8-19-14/h4-8,10,16H,1-3H3,(H,17,18). The zero-order valence-electron chi connectivity index (χ0n) is 11.2. The molecule has 0 bridgehead atoms. The number of anilines is 2. The number of aryl methyl sites for hydroxylation is 1. The van der Waals surface area contributed by atoms with Crippen LogP contribution in [-0.4, -0.2) is 10.9 Å². The van der Waals surface area contributed by atoms with E-state index >= 15 is 0 Å². The molecule has 19 heavy (non-hydrogen) atoms. The third-order valence-corrected chi connectivity index (χ3v) is 3.77. The van der Waals surface area contributed by atoms with Gasteiger partial charge in [0.15, 0.2) is 0 Å². The highest BCUT2D eigenvalue weighted by molar-refractivity contribution is 7.09. The van der Waals surface area contributed by atoms with Crippen molar-refractivity contribution >= 4 is 28.6 Å². The smallest absolute Gasteiger partial charge is 0.221 e. The fraction of sp³-hybridized carbons (Fsp3) is 0.286. The van der Waals surface area contributed by atoms with E-state index in [2.05, 4.69) is 22.5 Å². The summed E-state index contributed by atoms with van der Waals surface area (Å²) in [6, 6.07) is 6.04. The lowest BCUT2D eigenvalue weighted by Gasteiger charge is -2.16. The summed E-state index contributed by atoms with van der Waals surface area (Å²) >= 11 is 1.63. The average Bonchev–Trinajstić information content (AvgIpc) is 2.86. The summed E-state index contributed by atoms with van der Waals surface area (Å²) in [4.78, 5) is 16.4. The van der Waals surface area contributed by atoms with Gasteiger partial charge in [-0.3, -0.25) is 9.78 Å². The van der Waals surface area contributed by atoms with Crippen LogP contribution in [-0.2, 0) is 4.79 Å². The Morgan fingerprint density at radius 3 is 2.84 bits per heavy atom. The van der Waals surface area contributed by atoms with E-state index in [1.165, 1.54) is 11.8 Å². The van der Waals surface area contributed by atoms with Crippen molar-refractivity contribution in [1.29, 1.82) is 0 Å². The number of nitrogens with one attached hydrogen (secondary N) is 2. The van der Waals surface area contributed by atoms with Gasteiger partial charge in [-0.15, -0.1) is 11.3 Å². The molecule has 4 nitrogen and oxygen atoms in total. The molecule has 0 saturated carbocycles. The minimum atomic E-state index is -0.0645. The van der Waals surface area contributed by atoms with E-state index in [1.807, 2.05) is 36.8 Å². The van der Waals surface area contributed by atoms with Crippen LogP contribution in [0.4, 0.5) is 11.4 Å². The van der Waals surface area contributed by atoms with E-state index in [0.717, 1.165) is 16.9 Å². The van der Waals surface area contributed by atoms with Crippen LogP contribution in [0.5, 0.6) is 0 Å². The first-order valence-corrected chi connectivity index (χ1v) is 6.97. The Labute approximate surface area is 116 Å². The van der Waals surface area contributed by atoms with E-state index < -0.39 is 0 Å². The zero-order chi connectivity index (χ0) is 13.8. The van der Waals surface area contributed by atoms with Crippen LogP contribution in [0.15, 0.2) is 29.9 Å². The molecule has 2 rings (SSSR count). The number of amides is 1. The highest BCUT2D eigenvalue weighted by Crippen LogP contribution is 2.26. The normalized spacial score (nSPS) is 11.9. The second kappa shape index (κ2) is 5.84.